The van der Waals surface area contributed by atoms with Crippen LogP contribution in [0.4, 0.5) is 5.69 Å². The summed E-state index contributed by atoms with van der Waals surface area (Å²) in [5, 5.41) is 12.6. The molecule has 0 amide bonds. The Balaban J connectivity index is 2.26. The molecule has 0 aromatic heterocycles. The average molecular weight is 312 g/mol. The monoisotopic (exact) mass is 311 g/mol. The third-order valence-corrected chi connectivity index (χ3v) is 4.29. The summed E-state index contributed by atoms with van der Waals surface area (Å²) < 4.78 is 0.788. The van der Waals surface area contributed by atoms with Crippen LogP contribution in [0, 0.1) is 5.41 Å². The number of carbonyl (C=O) groups is 1. The van der Waals surface area contributed by atoms with Crippen molar-refractivity contribution in [2.24, 2.45) is 5.41 Å². The Morgan fingerprint density at radius 1 is 1.50 bits per heavy atom. The standard InChI is InChI=1S/C14H18BrNO2/c1-14(2)7-3-4-12(14)16-11-6-5-9(15)8-10(11)13(17)18/h5-6,8,12,16H,3-4,7H2,1-2H3,(H,17,18). The molecule has 0 heterocycles. The van der Waals surface area contributed by atoms with E-state index in [1.54, 1.807) is 6.07 Å². The molecule has 98 valence electrons. The lowest BCUT2D eigenvalue weighted by Gasteiger charge is -2.29. The van der Waals surface area contributed by atoms with Crippen molar-refractivity contribution in [1.82, 2.24) is 0 Å². The number of carboxylic acids is 1. The summed E-state index contributed by atoms with van der Waals surface area (Å²) in [6.45, 7) is 4.47. The van der Waals surface area contributed by atoms with Gasteiger partial charge in [-0.15, -0.1) is 0 Å². The van der Waals surface area contributed by atoms with Crippen molar-refractivity contribution in [1.29, 1.82) is 0 Å². The van der Waals surface area contributed by atoms with Crippen LogP contribution in [0.15, 0.2) is 22.7 Å². The zero-order valence-electron chi connectivity index (χ0n) is 10.7. The molecular weight excluding hydrogens is 294 g/mol. The average Bonchev–Trinajstić information content (AvgIpc) is 2.60. The van der Waals surface area contributed by atoms with E-state index in [-0.39, 0.29) is 5.41 Å². The minimum absolute atomic E-state index is 0.225. The Hall–Kier alpha value is -1.03. The molecule has 0 spiro atoms. The Bertz CT molecular complexity index is 471. The molecule has 18 heavy (non-hydrogen) atoms. The van der Waals surface area contributed by atoms with Gasteiger partial charge < -0.3 is 10.4 Å². The number of carboxylic acid groups (broad SMARTS) is 1. The lowest BCUT2D eigenvalue weighted by Crippen LogP contribution is -2.31. The van der Waals surface area contributed by atoms with Gasteiger partial charge in [-0.2, -0.15) is 0 Å². The zero-order chi connectivity index (χ0) is 13.3. The van der Waals surface area contributed by atoms with Gasteiger partial charge >= 0.3 is 5.97 Å². The molecule has 1 aliphatic carbocycles. The van der Waals surface area contributed by atoms with E-state index in [1.807, 2.05) is 12.1 Å². The number of anilines is 1. The van der Waals surface area contributed by atoms with Crippen molar-refractivity contribution in [3.63, 3.8) is 0 Å². The Labute approximate surface area is 116 Å². The minimum atomic E-state index is -0.894. The molecule has 1 atom stereocenters. The first-order valence-electron chi connectivity index (χ1n) is 6.19. The third-order valence-electron chi connectivity index (χ3n) is 3.80. The molecule has 0 bridgehead atoms. The van der Waals surface area contributed by atoms with Gasteiger partial charge in [0.2, 0.25) is 0 Å². The second-order valence-corrected chi connectivity index (χ2v) is 6.49. The molecule has 0 saturated heterocycles. The summed E-state index contributed by atoms with van der Waals surface area (Å²) in [6, 6.07) is 5.70. The van der Waals surface area contributed by atoms with Crippen molar-refractivity contribution in [2.45, 2.75) is 39.2 Å². The molecule has 1 saturated carbocycles. The highest BCUT2D eigenvalue weighted by Crippen LogP contribution is 2.39. The summed E-state index contributed by atoms with van der Waals surface area (Å²) in [7, 11) is 0. The smallest absolute Gasteiger partial charge is 0.337 e. The number of nitrogens with one attached hydrogen (secondary N) is 1. The van der Waals surface area contributed by atoms with E-state index in [4.69, 9.17) is 0 Å². The quantitative estimate of drug-likeness (QED) is 0.882. The SMILES string of the molecule is CC1(C)CCCC1Nc1ccc(Br)cc1C(=O)O. The molecule has 1 aromatic rings. The Morgan fingerprint density at radius 2 is 2.22 bits per heavy atom. The number of benzene rings is 1. The molecule has 1 aliphatic rings. The van der Waals surface area contributed by atoms with Gasteiger partial charge in [-0.3, -0.25) is 0 Å². The van der Waals surface area contributed by atoms with Crippen LogP contribution in [-0.2, 0) is 0 Å². The van der Waals surface area contributed by atoms with Crippen molar-refractivity contribution >= 4 is 27.6 Å². The van der Waals surface area contributed by atoms with E-state index < -0.39 is 5.97 Å². The summed E-state index contributed by atoms with van der Waals surface area (Å²) >= 11 is 3.31. The van der Waals surface area contributed by atoms with Crippen molar-refractivity contribution in [2.75, 3.05) is 5.32 Å². The lowest BCUT2D eigenvalue weighted by atomic mass is 9.87. The predicted molar refractivity (Wildman–Crippen MR) is 76.1 cm³/mol. The molecule has 1 aromatic carbocycles. The normalized spacial score (nSPS) is 21.8. The van der Waals surface area contributed by atoms with Crippen LogP contribution in [0.5, 0.6) is 0 Å². The van der Waals surface area contributed by atoms with Gasteiger partial charge in [0.05, 0.1) is 5.56 Å². The van der Waals surface area contributed by atoms with Gasteiger partial charge in [-0.25, -0.2) is 4.79 Å². The second-order valence-electron chi connectivity index (χ2n) is 5.57. The van der Waals surface area contributed by atoms with Gasteiger partial charge in [-0.05, 0) is 36.5 Å². The van der Waals surface area contributed by atoms with Crippen LogP contribution < -0.4 is 5.32 Å². The van der Waals surface area contributed by atoms with Gasteiger partial charge in [0.25, 0.3) is 0 Å². The highest BCUT2D eigenvalue weighted by Gasteiger charge is 2.34. The topological polar surface area (TPSA) is 49.3 Å². The molecular formula is C14H18BrNO2. The summed E-state index contributed by atoms with van der Waals surface area (Å²) in [6.07, 6.45) is 3.48. The summed E-state index contributed by atoms with van der Waals surface area (Å²) in [4.78, 5) is 11.2. The van der Waals surface area contributed by atoms with E-state index in [0.717, 1.165) is 10.9 Å². The van der Waals surface area contributed by atoms with Crippen molar-refractivity contribution in [3.05, 3.63) is 28.2 Å². The fourth-order valence-electron chi connectivity index (χ4n) is 2.60. The Morgan fingerprint density at radius 3 is 2.78 bits per heavy atom. The molecule has 4 heteroatoms. The van der Waals surface area contributed by atoms with Gasteiger partial charge in [0.1, 0.15) is 0 Å². The number of aromatic carboxylic acids is 1. The second kappa shape index (κ2) is 4.92. The van der Waals surface area contributed by atoms with Gasteiger partial charge in [0.15, 0.2) is 0 Å². The molecule has 2 N–H and O–H groups in total. The zero-order valence-corrected chi connectivity index (χ0v) is 12.3. The molecule has 0 radical (unpaired) electrons. The van der Waals surface area contributed by atoms with E-state index in [2.05, 4.69) is 35.1 Å². The largest absolute Gasteiger partial charge is 0.478 e. The minimum Gasteiger partial charge on any atom is -0.478 e. The highest BCUT2D eigenvalue weighted by molar-refractivity contribution is 9.10. The third kappa shape index (κ3) is 2.69. The van der Waals surface area contributed by atoms with Gasteiger partial charge in [0, 0.05) is 16.2 Å². The van der Waals surface area contributed by atoms with E-state index in [0.29, 0.717) is 17.3 Å². The summed E-state index contributed by atoms with van der Waals surface area (Å²) in [5.74, 6) is -0.894. The van der Waals surface area contributed by atoms with Crippen LogP contribution in [0.2, 0.25) is 0 Å². The first kappa shape index (κ1) is 13.4. The van der Waals surface area contributed by atoms with E-state index >= 15 is 0 Å². The van der Waals surface area contributed by atoms with E-state index in [1.165, 1.54) is 12.8 Å². The van der Waals surface area contributed by atoms with Crippen LogP contribution in [0.3, 0.4) is 0 Å². The maximum Gasteiger partial charge on any atom is 0.337 e. The van der Waals surface area contributed by atoms with Gasteiger partial charge in [-0.1, -0.05) is 36.2 Å². The van der Waals surface area contributed by atoms with Crippen LogP contribution in [0.1, 0.15) is 43.5 Å². The van der Waals surface area contributed by atoms with Crippen LogP contribution in [-0.4, -0.2) is 17.1 Å². The first-order valence-corrected chi connectivity index (χ1v) is 6.99. The van der Waals surface area contributed by atoms with Crippen LogP contribution in [0.25, 0.3) is 0 Å². The van der Waals surface area contributed by atoms with Crippen molar-refractivity contribution < 1.29 is 9.90 Å². The molecule has 1 unspecified atom stereocenters. The fraction of sp³-hybridized carbons (Fsp3) is 0.500. The lowest BCUT2D eigenvalue weighted by molar-refractivity contribution is 0.0697. The maximum absolute atomic E-state index is 11.2. The Kier molecular flexibility index (Phi) is 3.66. The highest BCUT2D eigenvalue weighted by atomic mass is 79.9. The number of halogens is 1. The maximum atomic E-state index is 11.2. The van der Waals surface area contributed by atoms with Crippen molar-refractivity contribution in [3.8, 4) is 0 Å². The molecule has 1 fully saturated rings. The molecule has 3 nitrogen and oxygen atoms in total. The number of hydrogen-bond acceptors (Lipinski definition) is 2. The number of rotatable bonds is 3. The summed E-state index contributed by atoms with van der Waals surface area (Å²) in [5.41, 5.74) is 1.26. The predicted octanol–water partition coefficient (Wildman–Crippen LogP) is 4.14. The first-order chi connectivity index (χ1) is 8.40. The van der Waals surface area contributed by atoms with E-state index in [9.17, 15) is 9.90 Å². The number of hydrogen-bond donors (Lipinski definition) is 2. The van der Waals surface area contributed by atoms with Crippen LogP contribution >= 0.6 is 15.9 Å². The fourth-order valence-corrected chi connectivity index (χ4v) is 2.96. The molecule has 0 aliphatic heterocycles. The molecule has 2 rings (SSSR count).